The minimum Gasteiger partial charge on any atom is -0.355 e. The molecule has 0 atom stereocenters. The molecule has 0 bridgehead atoms. The van der Waals surface area contributed by atoms with E-state index >= 15 is 0 Å². The Hall–Kier alpha value is -3.78. The molecule has 2 heterocycles. The summed E-state index contributed by atoms with van der Waals surface area (Å²) >= 11 is 0.583. The van der Waals surface area contributed by atoms with Gasteiger partial charge in [-0.1, -0.05) is 6.07 Å². The number of nitro groups is 1. The van der Waals surface area contributed by atoms with E-state index in [-0.39, 0.29) is 20.5 Å². The number of hydrogen-bond donors (Lipinski definition) is 2. The van der Waals surface area contributed by atoms with E-state index in [4.69, 9.17) is 0 Å². The van der Waals surface area contributed by atoms with E-state index in [9.17, 15) is 31.7 Å². The van der Waals surface area contributed by atoms with Crippen molar-refractivity contribution in [3.8, 4) is 0 Å². The average Bonchev–Trinajstić information content (AvgIpc) is 3.21. The SMILES string of the molecule is Cc1cc(Nc2ccc(S(=O)(=O)Nc3ncc([N+](=O)[O-])s3)cc2)c2ccc(C(F)(F)F)cc2n1. The second-order valence-corrected chi connectivity index (χ2v) is 9.75. The fraction of sp³-hybridized carbons (Fsp3) is 0.100. The molecule has 2 aromatic heterocycles. The monoisotopic (exact) mass is 509 g/mol. The molecule has 0 aliphatic heterocycles. The quantitative estimate of drug-likeness (QED) is 0.261. The molecule has 0 saturated heterocycles. The highest BCUT2D eigenvalue weighted by molar-refractivity contribution is 7.93. The molecule has 0 radical (unpaired) electrons. The molecule has 14 heteroatoms. The lowest BCUT2D eigenvalue weighted by Gasteiger charge is -2.13. The summed E-state index contributed by atoms with van der Waals surface area (Å²) in [5.74, 6) is 0. The highest BCUT2D eigenvalue weighted by Crippen LogP contribution is 2.34. The van der Waals surface area contributed by atoms with Crippen LogP contribution < -0.4 is 10.0 Å². The number of benzene rings is 2. The normalized spacial score (nSPS) is 12.0. The second kappa shape index (κ2) is 8.53. The number of thiazole rings is 1. The van der Waals surface area contributed by atoms with Gasteiger partial charge < -0.3 is 5.32 Å². The molecule has 0 fully saturated rings. The Morgan fingerprint density at radius 3 is 2.41 bits per heavy atom. The summed E-state index contributed by atoms with van der Waals surface area (Å²) in [6.45, 7) is 1.65. The van der Waals surface area contributed by atoms with Gasteiger partial charge in [0.15, 0.2) is 0 Å². The number of aryl methyl sites for hydroxylation is 1. The number of pyridine rings is 1. The summed E-state index contributed by atoms with van der Waals surface area (Å²) in [5.41, 5.74) is 0.834. The van der Waals surface area contributed by atoms with Gasteiger partial charge in [0, 0.05) is 22.5 Å². The van der Waals surface area contributed by atoms with Crippen molar-refractivity contribution < 1.29 is 26.5 Å². The van der Waals surface area contributed by atoms with Crippen LogP contribution in [0.4, 0.5) is 34.7 Å². The Kier molecular flexibility index (Phi) is 5.87. The molecule has 176 valence electrons. The van der Waals surface area contributed by atoms with Crippen LogP contribution in [0.25, 0.3) is 10.9 Å². The van der Waals surface area contributed by atoms with Crippen LogP contribution in [-0.4, -0.2) is 23.3 Å². The lowest BCUT2D eigenvalue weighted by Crippen LogP contribution is -2.12. The van der Waals surface area contributed by atoms with Gasteiger partial charge in [-0.05, 0) is 60.7 Å². The van der Waals surface area contributed by atoms with Gasteiger partial charge in [-0.3, -0.25) is 19.8 Å². The topological polar surface area (TPSA) is 127 Å². The first kappa shape index (κ1) is 23.4. The molecular formula is C20H14F3N5O4S2. The summed E-state index contributed by atoms with van der Waals surface area (Å²) in [4.78, 5) is 17.8. The van der Waals surface area contributed by atoms with Gasteiger partial charge in [-0.15, -0.1) is 0 Å². The van der Waals surface area contributed by atoms with E-state index in [1.54, 1.807) is 13.0 Å². The van der Waals surface area contributed by atoms with Gasteiger partial charge in [0.25, 0.3) is 10.0 Å². The third-order valence-electron chi connectivity index (χ3n) is 4.60. The second-order valence-electron chi connectivity index (χ2n) is 7.06. The van der Waals surface area contributed by atoms with Crippen LogP contribution in [0, 0.1) is 17.0 Å². The molecule has 34 heavy (non-hydrogen) atoms. The van der Waals surface area contributed by atoms with Crippen LogP contribution in [0.1, 0.15) is 11.3 Å². The standard InChI is InChI=1S/C20H14F3N5O4S2/c1-11-8-16(15-7-2-12(20(21,22)23)9-17(15)25-11)26-13-3-5-14(6-4-13)34(31,32)27-19-24-10-18(33-19)28(29)30/h2-10H,1H3,(H,24,27)(H,25,26). The fourth-order valence-corrected chi connectivity index (χ4v) is 4.96. The van der Waals surface area contributed by atoms with Crippen molar-refractivity contribution in [2.75, 3.05) is 10.0 Å². The third-order valence-corrected chi connectivity index (χ3v) is 6.95. The van der Waals surface area contributed by atoms with Crippen LogP contribution in [0.15, 0.2) is 59.6 Å². The maximum atomic E-state index is 13.0. The maximum absolute atomic E-state index is 13.0. The Morgan fingerprint density at radius 1 is 1.09 bits per heavy atom. The molecule has 0 aliphatic carbocycles. The molecule has 4 aromatic rings. The van der Waals surface area contributed by atoms with Crippen molar-refractivity contribution in [3.05, 3.63) is 76.1 Å². The van der Waals surface area contributed by atoms with Crippen molar-refractivity contribution in [1.29, 1.82) is 0 Å². The van der Waals surface area contributed by atoms with Gasteiger partial charge in [-0.2, -0.15) is 13.2 Å². The predicted molar refractivity (Wildman–Crippen MR) is 121 cm³/mol. The maximum Gasteiger partial charge on any atom is 0.416 e. The Balaban J connectivity index is 1.58. The average molecular weight is 509 g/mol. The number of hydrogen-bond acceptors (Lipinski definition) is 8. The van der Waals surface area contributed by atoms with E-state index in [2.05, 4.69) is 20.0 Å². The zero-order valence-corrected chi connectivity index (χ0v) is 18.8. The largest absolute Gasteiger partial charge is 0.416 e. The summed E-state index contributed by atoms with van der Waals surface area (Å²) in [7, 11) is -4.04. The van der Waals surface area contributed by atoms with Crippen LogP contribution in [0.5, 0.6) is 0 Å². The third kappa shape index (κ3) is 4.92. The lowest BCUT2D eigenvalue weighted by atomic mass is 10.1. The molecule has 0 amide bonds. The van der Waals surface area contributed by atoms with Crippen molar-refractivity contribution in [2.24, 2.45) is 0 Å². The van der Waals surface area contributed by atoms with Gasteiger partial charge in [-0.25, -0.2) is 13.4 Å². The molecule has 0 aliphatic rings. The number of rotatable bonds is 6. The number of sulfonamides is 1. The van der Waals surface area contributed by atoms with Crippen LogP contribution in [-0.2, 0) is 16.2 Å². The minimum atomic E-state index is -4.49. The smallest absolute Gasteiger partial charge is 0.355 e. The number of fused-ring (bicyclic) bond motifs is 1. The molecule has 2 N–H and O–H groups in total. The zero-order chi connectivity index (χ0) is 24.7. The summed E-state index contributed by atoms with van der Waals surface area (Å²) in [6.07, 6.45) is -3.54. The fourth-order valence-electron chi connectivity index (χ4n) is 3.08. The lowest BCUT2D eigenvalue weighted by molar-refractivity contribution is -0.380. The van der Waals surface area contributed by atoms with Gasteiger partial charge >= 0.3 is 11.2 Å². The highest BCUT2D eigenvalue weighted by Gasteiger charge is 2.30. The Bertz CT molecular complexity index is 1500. The molecule has 0 unspecified atom stereocenters. The highest BCUT2D eigenvalue weighted by atomic mass is 32.2. The van der Waals surface area contributed by atoms with E-state index in [0.29, 0.717) is 33.8 Å². The predicted octanol–water partition coefficient (Wildman–Crippen LogP) is 5.47. The van der Waals surface area contributed by atoms with E-state index < -0.39 is 26.7 Å². The van der Waals surface area contributed by atoms with E-state index in [1.807, 2.05) is 0 Å². The van der Waals surface area contributed by atoms with Crippen molar-refractivity contribution in [1.82, 2.24) is 9.97 Å². The summed E-state index contributed by atoms with van der Waals surface area (Å²) < 4.78 is 66.4. The first-order valence-electron chi connectivity index (χ1n) is 9.41. The van der Waals surface area contributed by atoms with Gasteiger partial charge in [0.2, 0.25) is 5.13 Å². The van der Waals surface area contributed by atoms with Crippen LogP contribution >= 0.6 is 11.3 Å². The van der Waals surface area contributed by atoms with Crippen LogP contribution in [0.3, 0.4) is 0 Å². The summed E-state index contributed by atoms with van der Waals surface area (Å²) in [6, 6.07) is 10.5. The number of nitrogens with zero attached hydrogens (tertiary/aromatic N) is 3. The van der Waals surface area contributed by atoms with Gasteiger partial charge in [0.05, 0.1) is 20.9 Å². The first-order valence-corrected chi connectivity index (χ1v) is 11.7. The molecule has 0 spiro atoms. The Labute approximate surface area is 194 Å². The van der Waals surface area contributed by atoms with E-state index in [1.165, 1.54) is 30.3 Å². The molecule has 9 nitrogen and oxygen atoms in total. The number of alkyl halides is 3. The van der Waals surface area contributed by atoms with Crippen molar-refractivity contribution >= 4 is 53.8 Å². The molecule has 0 saturated carbocycles. The number of halogens is 3. The molecule has 2 aromatic carbocycles. The molecule has 4 rings (SSSR count). The number of nitrogens with one attached hydrogen (secondary N) is 2. The van der Waals surface area contributed by atoms with Crippen molar-refractivity contribution in [2.45, 2.75) is 18.0 Å². The Morgan fingerprint density at radius 2 is 1.79 bits per heavy atom. The molecular weight excluding hydrogens is 495 g/mol. The van der Waals surface area contributed by atoms with Crippen LogP contribution in [0.2, 0.25) is 0 Å². The van der Waals surface area contributed by atoms with Gasteiger partial charge in [0.1, 0.15) is 6.20 Å². The van der Waals surface area contributed by atoms with Crippen molar-refractivity contribution in [3.63, 3.8) is 0 Å². The first-order chi connectivity index (χ1) is 15.9. The number of aromatic nitrogens is 2. The summed E-state index contributed by atoms with van der Waals surface area (Å²) in [5, 5.41) is 13.8. The number of anilines is 3. The minimum absolute atomic E-state index is 0.110. The van der Waals surface area contributed by atoms with E-state index in [0.717, 1.165) is 18.3 Å². The zero-order valence-electron chi connectivity index (χ0n) is 17.1.